The molecule has 2 atom stereocenters. The Morgan fingerprint density at radius 3 is 2.53 bits per heavy atom. The minimum absolute atomic E-state index is 0.226. The zero-order valence-electron chi connectivity index (χ0n) is 10.8. The topological polar surface area (TPSA) is 20.2 Å². The van der Waals surface area contributed by atoms with Crippen LogP contribution in [0, 0.1) is 5.92 Å². The van der Waals surface area contributed by atoms with Crippen molar-refractivity contribution >= 4 is 0 Å². The van der Waals surface area contributed by atoms with Crippen molar-refractivity contribution in [1.82, 2.24) is 0 Å². The maximum Gasteiger partial charge on any atom is 0.0602 e. The highest BCUT2D eigenvalue weighted by Gasteiger charge is 2.14. The smallest absolute Gasteiger partial charge is 0.0602 e. The van der Waals surface area contributed by atoms with E-state index in [2.05, 4.69) is 37.8 Å². The van der Waals surface area contributed by atoms with Gasteiger partial charge in [0.15, 0.2) is 0 Å². The molecule has 1 N–H and O–H groups in total. The summed E-state index contributed by atoms with van der Waals surface area (Å²) in [5, 5.41) is 10.0. The quantitative estimate of drug-likeness (QED) is 0.672. The van der Waals surface area contributed by atoms with Crippen LogP contribution in [-0.4, -0.2) is 11.2 Å². The number of aryl methyl sites for hydroxylation is 1. The lowest BCUT2D eigenvalue weighted by atomic mass is 9.93. The van der Waals surface area contributed by atoms with E-state index in [1.54, 1.807) is 0 Å². The van der Waals surface area contributed by atoms with Gasteiger partial charge in [-0.2, -0.15) is 0 Å². The normalized spacial score (nSPS) is 14.2. The van der Waals surface area contributed by atoms with Crippen LogP contribution in [0.25, 0.3) is 0 Å². The minimum Gasteiger partial charge on any atom is -0.393 e. The van der Waals surface area contributed by atoms with E-state index in [9.17, 15) is 5.11 Å². The molecule has 0 spiro atoms. The van der Waals surface area contributed by atoms with Crippen LogP contribution in [0.5, 0.6) is 0 Å². The SMILES string of the molecule is C=C[C@@H](CCC)[C@H](O)CCCc1ccccc1. The maximum absolute atomic E-state index is 10.0. The Kier molecular flexibility index (Phi) is 6.64. The summed E-state index contributed by atoms with van der Waals surface area (Å²) in [6.07, 6.45) is 6.77. The van der Waals surface area contributed by atoms with Gasteiger partial charge in [0.25, 0.3) is 0 Å². The van der Waals surface area contributed by atoms with Crippen LogP contribution in [0.15, 0.2) is 43.0 Å². The first-order valence-electron chi connectivity index (χ1n) is 6.62. The van der Waals surface area contributed by atoms with Gasteiger partial charge in [-0.15, -0.1) is 6.58 Å². The van der Waals surface area contributed by atoms with Crippen molar-refractivity contribution in [2.45, 2.75) is 45.1 Å². The van der Waals surface area contributed by atoms with Crippen molar-refractivity contribution in [2.75, 3.05) is 0 Å². The number of hydrogen-bond donors (Lipinski definition) is 1. The van der Waals surface area contributed by atoms with E-state index in [1.165, 1.54) is 5.56 Å². The Morgan fingerprint density at radius 1 is 1.24 bits per heavy atom. The zero-order valence-corrected chi connectivity index (χ0v) is 10.8. The first-order valence-corrected chi connectivity index (χ1v) is 6.62. The van der Waals surface area contributed by atoms with Gasteiger partial charge >= 0.3 is 0 Å². The molecule has 1 heteroatoms. The summed E-state index contributed by atoms with van der Waals surface area (Å²) in [4.78, 5) is 0. The second-order valence-electron chi connectivity index (χ2n) is 4.63. The van der Waals surface area contributed by atoms with Crippen LogP contribution >= 0.6 is 0 Å². The lowest BCUT2D eigenvalue weighted by Gasteiger charge is -2.18. The Bertz CT molecular complexity index is 305. The van der Waals surface area contributed by atoms with Crippen molar-refractivity contribution in [1.29, 1.82) is 0 Å². The molecule has 0 saturated carbocycles. The first-order chi connectivity index (χ1) is 8.27. The molecule has 0 heterocycles. The standard InChI is InChI=1S/C16H24O/c1-3-9-15(4-2)16(17)13-8-12-14-10-6-5-7-11-14/h4-7,10-11,15-17H,2-3,8-9,12-13H2,1H3/t15-,16+/m0/s1. The Hall–Kier alpha value is -1.08. The summed E-state index contributed by atoms with van der Waals surface area (Å²) < 4.78 is 0. The maximum atomic E-state index is 10.0. The largest absolute Gasteiger partial charge is 0.393 e. The summed E-state index contributed by atoms with van der Waals surface area (Å²) in [6, 6.07) is 10.4. The van der Waals surface area contributed by atoms with Gasteiger partial charge < -0.3 is 5.11 Å². The van der Waals surface area contributed by atoms with E-state index in [0.29, 0.717) is 0 Å². The molecule has 0 aliphatic carbocycles. The van der Waals surface area contributed by atoms with E-state index >= 15 is 0 Å². The van der Waals surface area contributed by atoms with Gasteiger partial charge in [-0.3, -0.25) is 0 Å². The minimum atomic E-state index is -0.226. The number of hydrogen-bond acceptors (Lipinski definition) is 1. The summed E-state index contributed by atoms with van der Waals surface area (Å²) in [5.41, 5.74) is 1.35. The summed E-state index contributed by atoms with van der Waals surface area (Å²) >= 11 is 0. The monoisotopic (exact) mass is 232 g/mol. The molecular formula is C16H24O. The predicted molar refractivity (Wildman–Crippen MR) is 74.0 cm³/mol. The number of aliphatic hydroxyl groups is 1. The molecule has 0 amide bonds. The van der Waals surface area contributed by atoms with Crippen molar-refractivity contribution in [3.63, 3.8) is 0 Å². The molecule has 94 valence electrons. The van der Waals surface area contributed by atoms with Crippen LogP contribution in [0.4, 0.5) is 0 Å². The number of rotatable bonds is 8. The van der Waals surface area contributed by atoms with Gasteiger partial charge in [0.05, 0.1) is 6.10 Å². The lowest BCUT2D eigenvalue weighted by Crippen LogP contribution is -2.18. The predicted octanol–water partition coefficient (Wildman–Crippen LogP) is 3.97. The number of aliphatic hydroxyl groups excluding tert-OH is 1. The second kappa shape index (κ2) is 8.08. The Labute approximate surface area is 105 Å². The van der Waals surface area contributed by atoms with Crippen molar-refractivity contribution in [2.24, 2.45) is 5.92 Å². The fraction of sp³-hybridized carbons (Fsp3) is 0.500. The molecule has 0 radical (unpaired) electrons. The highest BCUT2D eigenvalue weighted by molar-refractivity contribution is 5.14. The van der Waals surface area contributed by atoms with Gasteiger partial charge in [-0.25, -0.2) is 0 Å². The van der Waals surface area contributed by atoms with Gasteiger partial charge in [-0.05, 0) is 31.2 Å². The third kappa shape index (κ3) is 5.18. The van der Waals surface area contributed by atoms with Gasteiger partial charge in [0.2, 0.25) is 0 Å². The average Bonchev–Trinajstić information content (AvgIpc) is 2.37. The van der Waals surface area contributed by atoms with Crippen LogP contribution in [-0.2, 0) is 6.42 Å². The molecule has 0 aliphatic rings. The van der Waals surface area contributed by atoms with E-state index in [1.807, 2.05) is 12.1 Å². The van der Waals surface area contributed by atoms with Crippen LogP contribution in [0.3, 0.4) is 0 Å². The molecule has 1 nitrogen and oxygen atoms in total. The average molecular weight is 232 g/mol. The molecule has 0 unspecified atom stereocenters. The van der Waals surface area contributed by atoms with Crippen LogP contribution < -0.4 is 0 Å². The molecular weight excluding hydrogens is 208 g/mol. The van der Waals surface area contributed by atoms with Crippen molar-refractivity contribution in [3.05, 3.63) is 48.6 Å². The van der Waals surface area contributed by atoms with E-state index in [-0.39, 0.29) is 12.0 Å². The van der Waals surface area contributed by atoms with Gasteiger partial charge in [0, 0.05) is 5.92 Å². The van der Waals surface area contributed by atoms with Gasteiger partial charge in [0.1, 0.15) is 0 Å². The van der Waals surface area contributed by atoms with Crippen LogP contribution in [0.1, 0.15) is 38.2 Å². The molecule has 0 fully saturated rings. The Balaban J connectivity index is 2.28. The van der Waals surface area contributed by atoms with Gasteiger partial charge in [-0.1, -0.05) is 49.8 Å². The molecule has 0 aromatic heterocycles. The molecule has 0 aliphatic heterocycles. The van der Waals surface area contributed by atoms with Crippen molar-refractivity contribution < 1.29 is 5.11 Å². The second-order valence-corrected chi connectivity index (χ2v) is 4.63. The molecule has 0 saturated heterocycles. The third-order valence-electron chi connectivity index (χ3n) is 3.23. The molecule has 1 aromatic carbocycles. The van der Waals surface area contributed by atoms with E-state index in [4.69, 9.17) is 0 Å². The third-order valence-corrected chi connectivity index (χ3v) is 3.23. The highest BCUT2D eigenvalue weighted by atomic mass is 16.3. The van der Waals surface area contributed by atoms with E-state index < -0.39 is 0 Å². The van der Waals surface area contributed by atoms with E-state index in [0.717, 1.165) is 32.1 Å². The molecule has 0 bridgehead atoms. The highest BCUT2D eigenvalue weighted by Crippen LogP contribution is 2.17. The number of benzene rings is 1. The first kappa shape index (κ1) is 14.0. The van der Waals surface area contributed by atoms with Crippen LogP contribution in [0.2, 0.25) is 0 Å². The Morgan fingerprint density at radius 2 is 1.94 bits per heavy atom. The summed E-state index contributed by atoms with van der Waals surface area (Å²) in [7, 11) is 0. The lowest BCUT2D eigenvalue weighted by molar-refractivity contribution is 0.114. The van der Waals surface area contributed by atoms with Crippen molar-refractivity contribution in [3.8, 4) is 0 Å². The molecule has 1 aromatic rings. The zero-order chi connectivity index (χ0) is 12.5. The molecule has 1 rings (SSSR count). The fourth-order valence-electron chi connectivity index (χ4n) is 2.17. The summed E-state index contributed by atoms with van der Waals surface area (Å²) in [5.74, 6) is 0.260. The molecule has 17 heavy (non-hydrogen) atoms. The fourth-order valence-corrected chi connectivity index (χ4v) is 2.17. The summed E-state index contributed by atoms with van der Waals surface area (Å²) in [6.45, 7) is 5.95.